The van der Waals surface area contributed by atoms with Gasteiger partial charge in [-0.3, -0.25) is 4.79 Å². The van der Waals surface area contributed by atoms with Crippen LogP contribution in [0.5, 0.6) is 11.5 Å². The lowest BCUT2D eigenvalue weighted by Crippen LogP contribution is -2.13. The molecule has 0 amide bonds. The fourth-order valence-corrected chi connectivity index (χ4v) is 1.72. The van der Waals surface area contributed by atoms with Gasteiger partial charge in [-0.2, -0.15) is 0 Å². The molecular formula is C16H15NO4. The largest absolute Gasteiger partial charge is 0.497 e. The highest BCUT2D eigenvalue weighted by molar-refractivity contribution is 5.97. The van der Waals surface area contributed by atoms with Crippen molar-refractivity contribution in [2.75, 3.05) is 13.7 Å². The first-order valence-corrected chi connectivity index (χ1v) is 6.33. The zero-order chi connectivity index (χ0) is 15.2. The van der Waals surface area contributed by atoms with Gasteiger partial charge in [0.15, 0.2) is 5.78 Å². The summed E-state index contributed by atoms with van der Waals surface area (Å²) in [5, 5.41) is 0. The highest BCUT2D eigenvalue weighted by atomic mass is 16.5. The molecule has 21 heavy (non-hydrogen) atoms. The Morgan fingerprint density at radius 3 is 1.95 bits per heavy atom. The van der Waals surface area contributed by atoms with Crippen molar-refractivity contribution >= 4 is 11.8 Å². The zero-order valence-corrected chi connectivity index (χ0v) is 11.5. The third-order valence-electron chi connectivity index (χ3n) is 2.90. The van der Waals surface area contributed by atoms with E-state index in [1.807, 2.05) is 0 Å². The number of rotatable bonds is 5. The number of hydrogen-bond donors (Lipinski definition) is 1. The summed E-state index contributed by atoms with van der Waals surface area (Å²) in [4.78, 5) is 23.3. The molecule has 0 atom stereocenters. The monoisotopic (exact) mass is 285 g/mol. The van der Waals surface area contributed by atoms with E-state index in [1.54, 1.807) is 55.6 Å². The van der Waals surface area contributed by atoms with Gasteiger partial charge in [0.1, 0.15) is 11.5 Å². The second-order valence-electron chi connectivity index (χ2n) is 4.27. The Labute approximate surface area is 122 Å². The lowest BCUT2D eigenvalue weighted by molar-refractivity contribution is 0.0734. The van der Waals surface area contributed by atoms with Crippen molar-refractivity contribution in [3.05, 3.63) is 59.7 Å². The van der Waals surface area contributed by atoms with Crippen molar-refractivity contribution < 1.29 is 19.1 Å². The second kappa shape index (κ2) is 6.67. The zero-order valence-electron chi connectivity index (χ0n) is 11.5. The summed E-state index contributed by atoms with van der Waals surface area (Å²) in [6.07, 6.45) is 0. The van der Waals surface area contributed by atoms with E-state index >= 15 is 0 Å². The first-order chi connectivity index (χ1) is 10.1. The van der Waals surface area contributed by atoms with Gasteiger partial charge in [0.25, 0.3) is 0 Å². The second-order valence-corrected chi connectivity index (χ2v) is 4.27. The highest BCUT2D eigenvalue weighted by Gasteiger charge is 2.09. The van der Waals surface area contributed by atoms with Gasteiger partial charge in [0.05, 0.1) is 19.2 Å². The Kier molecular flexibility index (Phi) is 4.68. The molecule has 0 saturated heterocycles. The van der Waals surface area contributed by atoms with Crippen LogP contribution in [0.4, 0.5) is 0 Å². The first-order valence-electron chi connectivity index (χ1n) is 6.33. The van der Waals surface area contributed by atoms with Gasteiger partial charge in [-0.15, -0.1) is 0 Å². The number of carbonyl (C=O) groups excluding carboxylic acids is 2. The summed E-state index contributed by atoms with van der Waals surface area (Å²) in [5.41, 5.74) is 6.18. The van der Waals surface area contributed by atoms with Crippen LogP contribution < -0.4 is 15.2 Å². The van der Waals surface area contributed by atoms with Crippen molar-refractivity contribution in [3.63, 3.8) is 0 Å². The van der Waals surface area contributed by atoms with Gasteiger partial charge in [0, 0.05) is 5.56 Å². The molecule has 0 bridgehead atoms. The van der Waals surface area contributed by atoms with E-state index in [4.69, 9.17) is 15.2 Å². The summed E-state index contributed by atoms with van der Waals surface area (Å²) in [5.74, 6) is 0.388. The van der Waals surface area contributed by atoms with Crippen LogP contribution in [0.3, 0.4) is 0 Å². The molecule has 0 spiro atoms. The predicted molar refractivity (Wildman–Crippen MR) is 77.8 cm³/mol. The molecule has 0 aromatic heterocycles. The number of carbonyl (C=O) groups is 2. The van der Waals surface area contributed by atoms with E-state index in [9.17, 15) is 9.59 Å². The average molecular weight is 285 g/mol. The Hall–Kier alpha value is -2.66. The maximum Gasteiger partial charge on any atom is 0.343 e. The van der Waals surface area contributed by atoms with E-state index in [1.165, 1.54) is 0 Å². The van der Waals surface area contributed by atoms with Gasteiger partial charge in [-0.05, 0) is 48.5 Å². The van der Waals surface area contributed by atoms with Gasteiger partial charge in [0.2, 0.25) is 0 Å². The van der Waals surface area contributed by atoms with Crippen LogP contribution in [-0.4, -0.2) is 25.4 Å². The Balaban J connectivity index is 2.06. The summed E-state index contributed by atoms with van der Waals surface area (Å²) in [6.45, 7) is -0.0506. The molecule has 2 N–H and O–H groups in total. The van der Waals surface area contributed by atoms with Crippen LogP contribution >= 0.6 is 0 Å². The van der Waals surface area contributed by atoms with Crippen molar-refractivity contribution in [2.45, 2.75) is 0 Å². The van der Waals surface area contributed by atoms with Crippen LogP contribution in [0, 0.1) is 0 Å². The molecule has 0 radical (unpaired) electrons. The number of benzene rings is 2. The summed E-state index contributed by atoms with van der Waals surface area (Å²) < 4.78 is 10.2. The molecule has 2 aromatic rings. The van der Waals surface area contributed by atoms with E-state index in [0.717, 1.165) is 0 Å². The predicted octanol–water partition coefficient (Wildman–Crippen LogP) is 2.06. The Bertz CT molecular complexity index is 632. The number of ketones is 1. The SMILES string of the molecule is COc1ccc(C(=O)Oc2ccc(C(=O)CN)cc2)cc1. The molecule has 0 aliphatic carbocycles. The summed E-state index contributed by atoms with van der Waals surface area (Å²) in [6, 6.07) is 12.9. The molecule has 0 aliphatic rings. The standard InChI is InChI=1S/C16H15NO4/c1-20-13-6-4-12(5-7-13)16(19)21-14-8-2-11(3-9-14)15(18)10-17/h2-9H,10,17H2,1H3. The maximum absolute atomic E-state index is 11.9. The molecule has 0 unspecified atom stereocenters. The number of Topliss-reactive ketones (excluding diaryl/α,β-unsaturated/α-hetero) is 1. The van der Waals surface area contributed by atoms with Crippen molar-refractivity contribution in [1.29, 1.82) is 0 Å². The fourth-order valence-electron chi connectivity index (χ4n) is 1.72. The van der Waals surface area contributed by atoms with Crippen LogP contribution in [-0.2, 0) is 0 Å². The number of hydrogen-bond acceptors (Lipinski definition) is 5. The van der Waals surface area contributed by atoms with Crippen molar-refractivity contribution in [1.82, 2.24) is 0 Å². The summed E-state index contributed by atoms with van der Waals surface area (Å²) >= 11 is 0. The van der Waals surface area contributed by atoms with E-state index in [0.29, 0.717) is 22.6 Å². The third kappa shape index (κ3) is 3.67. The number of ether oxygens (including phenoxy) is 2. The minimum atomic E-state index is -0.476. The fraction of sp³-hybridized carbons (Fsp3) is 0.125. The molecule has 5 nitrogen and oxygen atoms in total. The van der Waals surface area contributed by atoms with Crippen molar-refractivity contribution in [3.8, 4) is 11.5 Å². The lowest BCUT2D eigenvalue weighted by Gasteiger charge is -2.06. The molecule has 0 saturated carbocycles. The summed E-state index contributed by atoms with van der Waals surface area (Å²) in [7, 11) is 1.55. The van der Waals surface area contributed by atoms with Crippen LogP contribution in [0.1, 0.15) is 20.7 Å². The molecule has 108 valence electrons. The van der Waals surface area contributed by atoms with E-state index in [2.05, 4.69) is 0 Å². The first kappa shape index (κ1) is 14.7. The van der Waals surface area contributed by atoms with Gasteiger partial charge < -0.3 is 15.2 Å². The van der Waals surface area contributed by atoms with Crippen LogP contribution in [0.15, 0.2) is 48.5 Å². The van der Waals surface area contributed by atoms with Crippen LogP contribution in [0.2, 0.25) is 0 Å². The Morgan fingerprint density at radius 2 is 1.43 bits per heavy atom. The minimum absolute atomic E-state index is 0.0506. The highest BCUT2D eigenvalue weighted by Crippen LogP contribution is 2.16. The topological polar surface area (TPSA) is 78.6 Å². The number of methoxy groups -OCH3 is 1. The lowest BCUT2D eigenvalue weighted by atomic mass is 10.1. The molecule has 0 fully saturated rings. The smallest absolute Gasteiger partial charge is 0.343 e. The molecular weight excluding hydrogens is 270 g/mol. The number of nitrogens with two attached hydrogens (primary N) is 1. The van der Waals surface area contributed by atoms with E-state index in [-0.39, 0.29) is 12.3 Å². The quantitative estimate of drug-likeness (QED) is 0.517. The molecule has 2 aromatic carbocycles. The van der Waals surface area contributed by atoms with Crippen LogP contribution in [0.25, 0.3) is 0 Å². The van der Waals surface area contributed by atoms with Gasteiger partial charge >= 0.3 is 5.97 Å². The normalized spacial score (nSPS) is 10.0. The third-order valence-corrected chi connectivity index (χ3v) is 2.90. The number of esters is 1. The molecule has 5 heteroatoms. The maximum atomic E-state index is 11.9. The Morgan fingerprint density at radius 1 is 0.905 bits per heavy atom. The average Bonchev–Trinajstić information content (AvgIpc) is 2.55. The molecule has 2 rings (SSSR count). The molecule has 0 aliphatic heterocycles. The van der Waals surface area contributed by atoms with Crippen molar-refractivity contribution in [2.24, 2.45) is 5.73 Å². The van der Waals surface area contributed by atoms with Gasteiger partial charge in [-0.1, -0.05) is 0 Å². The molecule has 0 heterocycles. The minimum Gasteiger partial charge on any atom is -0.497 e. The van der Waals surface area contributed by atoms with E-state index < -0.39 is 5.97 Å². The van der Waals surface area contributed by atoms with Gasteiger partial charge in [-0.25, -0.2) is 4.79 Å².